The molecule has 0 aromatic rings. The molecule has 0 saturated carbocycles. The highest BCUT2D eigenvalue weighted by Gasteiger charge is 2.60. The SMILES string of the molecule is O=S(=O)(O)OC[C@H]1OC2O[C@@H]3[C@H](O)[C@@H](O)[C@H](O[C@@H]4[C@H](O)[C@@H](O)[C@H](O[C@@H]5[C@H](O)[C@@H](O)[C@H](O[C@H]6[C@@H](O)[C@H](O)[C@@H](O[C@@H]7[C@@H](O)[C@H](O)[C@H](O[C@@H]8[C@@H](O)[C@H](O)[C@H](O[C@H]1[C@@H](O)[C@H]2O)O[C@@H]8CO)O[C@@H]7CO)O[C@@H]6COS(=O)(=O)O)O[C@H]5CO)O[C@H]4CO)O[C@H]3CO. The van der Waals surface area contributed by atoms with Gasteiger partial charge >= 0.3 is 20.8 Å². The Bertz CT molecular complexity index is 2300. The van der Waals surface area contributed by atoms with Crippen molar-refractivity contribution in [3.8, 4) is 0 Å². The van der Waals surface area contributed by atoms with Gasteiger partial charge in [0.25, 0.3) is 0 Å². The van der Waals surface area contributed by atoms with E-state index in [1.807, 2.05) is 0 Å². The van der Waals surface area contributed by atoms with Crippen LogP contribution in [0.25, 0.3) is 0 Å². The third-order valence-electron chi connectivity index (χ3n) is 15.2. The fraction of sp³-hybridized carbons (Fsp3) is 1.00. The Balaban J connectivity index is 1.12. The van der Waals surface area contributed by atoms with Crippen LogP contribution in [-0.4, -0.2) is 384 Å². The van der Waals surface area contributed by atoms with Crippen molar-refractivity contribution in [2.45, 2.75) is 215 Å². The Morgan fingerprint density at radius 1 is 0.235 bits per heavy atom. The summed E-state index contributed by atoms with van der Waals surface area (Å²) in [5.41, 5.74) is 0. The molecule has 43 heteroatoms. The highest BCUT2D eigenvalue weighted by molar-refractivity contribution is 7.81. The summed E-state index contributed by atoms with van der Waals surface area (Å²) in [6.07, 6.45) is -76.8. The fourth-order valence-electron chi connectivity index (χ4n) is 10.7. The number of aliphatic hydroxyl groups is 19. The number of aliphatic hydroxyl groups excluding tert-OH is 19. The zero-order valence-corrected chi connectivity index (χ0v) is 45.2. The summed E-state index contributed by atoms with van der Waals surface area (Å²) < 4.78 is 154. The van der Waals surface area contributed by atoms with Crippen LogP contribution in [0.5, 0.6) is 0 Å². The van der Waals surface area contributed by atoms with Crippen LogP contribution in [0.3, 0.4) is 0 Å². The van der Waals surface area contributed by atoms with Crippen molar-refractivity contribution in [3.63, 3.8) is 0 Å². The Kier molecular flexibility index (Phi) is 23.3. The molecular formula is C42H70O41S2. The average Bonchev–Trinajstić information content (AvgIpc) is 2.76. The molecular weight excluding hydrogens is 1220 g/mol. The summed E-state index contributed by atoms with van der Waals surface area (Å²) in [7, 11) is -10.8. The maximum atomic E-state index is 11.8. The minimum atomic E-state index is -5.39. The Labute approximate surface area is 478 Å². The summed E-state index contributed by atoms with van der Waals surface area (Å²) in [5, 5.41) is 211. The number of hydrogen-bond donors (Lipinski definition) is 21. The summed E-state index contributed by atoms with van der Waals surface area (Å²) in [5.74, 6) is 0. The molecule has 41 nitrogen and oxygen atoms in total. The Morgan fingerprint density at radius 3 is 0.518 bits per heavy atom. The Morgan fingerprint density at radius 2 is 0.376 bits per heavy atom. The first kappa shape index (κ1) is 69.3. The van der Waals surface area contributed by atoms with Crippen molar-refractivity contribution in [1.82, 2.24) is 0 Å². The van der Waals surface area contributed by atoms with E-state index in [1.165, 1.54) is 0 Å². The molecule has 0 spiro atoms. The van der Waals surface area contributed by atoms with Crippen LogP contribution in [0.15, 0.2) is 0 Å². The molecule has 21 heterocycles. The molecule has 21 fully saturated rings. The molecule has 21 rings (SSSR count). The highest BCUT2D eigenvalue weighted by atomic mass is 32.3. The molecule has 0 amide bonds. The summed E-state index contributed by atoms with van der Waals surface area (Å²) in [4.78, 5) is 0. The van der Waals surface area contributed by atoms with E-state index in [2.05, 4.69) is 8.37 Å². The molecule has 21 aliphatic rings. The largest absolute Gasteiger partial charge is 0.397 e. The van der Waals surface area contributed by atoms with E-state index in [0.29, 0.717) is 0 Å². The second-order valence-corrected chi connectivity index (χ2v) is 22.9. The highest BCUT2D eigenvalue weighted by Crippen LogP contribution is 2.39. The van der Waals surface area contributed by atoms with E-state index in [1.54, 1.807) is 0 Å². The summed E-state index contributed by atoms with van der Waals surface area (Å²) >= 11 is 0. The molecule has 0 aromatic carbocycles. The zero-order valence-electron chi connectivity index (χ0n) is 43.5. The first-order valence-electron chi connectivity index (χ1n) is 25.9. The van der Waals surface area contributed by atoms with Crippen LogP contribution < -0.4 is 0 Å². The van der Waals surface area contributed by atoms with Crippen LogP contribution in [0.2, 0.25) is 0 Å². The molecule has 1 unspecified atom stereocenters. The van der Waals surface area contributed by atoms with Crippen molar-refractivity contribution in [2.75, 3.05) is 46.2 Å². The van der Waals surface area contributed by atoms with Crippen LogP contribution in [0.1, 0.15) is 0 Å². The van der Waals surface area contributed by atoms with E-state index in [-0.39, 0.29) is 0 Å². The first-order valence-corrected chi connectivity index (χ1v) is 28.7. The lowest BCUT2D eigenvalue weighted by atomic mass is 9.95. The van der Waals surface area contributed by atoms with Gasteiger partial charge in [0.15, 0.2) is 44.0 Å². The van der Waals surface area contributed by atoms with Crippen molar-refractivity contribution in [2.24, 2.45) is 0 Å². The molecule has 85 heavy (non-hydrogen) atoms. The van der Waals surface area contributed by atoms with Crippen LogP contribution in [0.4, 0.5) is 0 Å². The van der Waals surface area contributed by atoms with Crippen LogP contribution in [0, 0.1) is 0 Å². The maximum absolute atomic E-state index is 11.8. The predicted octanol–water partition coefficient (Wildman–Crippen LogP) is -15.6. The van der Waals surface area contributed by atoms with Gasteiger partial charge in [0.1, 0.15) is 171 Å². The molecule has 0 radical (unpaired) electrons. The molecule has 0 aliphatic carbocycles. The molecule has 21 aliphatic heterocycles. The quantitative estimate of drug-likeness (QED) is 0.0854. The second kappa shape index (κ2) is 28.5. The van der Waals surface area contributed by atoms with Crippen molar-refractivity contribution < 1.29 is 198 Å². The van der Waals surface area contributed by atoms with Crippen molar-refractivity contribution >= 4 is 20.8 Å². The molecule has 35 atom stereocenters. The Hall–Kier alpha value is -1.58. The van der Waals surface area contributed by atoms with Gasteiger partial charge in [-0.05, 0) is 0 Å². The van der Waals surface area contributed by atoms with Gasteiger partial charge in [0.05, 0.1) is 46.2 Å². The standard InChI is InChI=1S/C42H70O41S2/c43-1-8-29-15(48)22(55)36(70-8)78-30-9(2-44)73-39(25(58)18(30)51)82-34-13(6-68-84(62,63)64)76-42(28(61)21(34)54)81-33-12(5-47)72-38(24(57)17(33)50)79-31-10(3-45)74-40(26(59)19(31)52)83-35-14(7-69-85(65,66)67)75-41(27(60)20(35)53)80-32-11(4-46)71-37(77-29)23(56)16(32)49/h8-61H,1-7H2,(H,62,63,64)(H,65,66,67)/t8-,9-,10+,11-,12+,13+,14+,15+,16+,17-,18+,19-,20-,21-,22+,23+,24-,25+,26-,27+,28-,29-,30-,31-,32-,33-,34+,35+,36-,37-,38-,39-,40-,41?,42+/m0/s1. The lowest BCUT2D eigenvalue weighted by molar-refractivity contribution is -0.396. The van der Waals surface area contributed by atoms with E-state index >= 15 is 0 Å². The van der Waals surface area contributed by atoms with Gasteiger partial charge in [-0.25, -0.2) is 8.37 Å². The minimum Gasteiger partial charge on any atom is -0.394 e. The third-order valence-corrected chi connectivity index (χ3v) is 16.1. The van der Waals surface area contributed by atoms with E-state index in [4.69, 9.17) is 66.3 Å². The first-order chi connectivity index (χ1) is 39.9. The van der Waals surface area contributed by atoms with E-state index in [9.17, 15) is 123 Å². The van der Waals surface area contributed by atoms with Crippen LogP contribution in [-0.2, 0) is 95.5 Å². The number of ether oxygens (including phenoxy) is 14. The summed E-state index contributed by atoms with van der Waals surface area (Å²) in [6, 6.07) is 0. The van der Waals surface area contributed by atoms with Gasteiger partial charge in [0, 0.05) is 0 Å². The predicted molar refractivity (Wildman–Crippen MR) is 249 cm³/mol. The molecule has 0 aromatic heterocycles. The lowest BCUT2D eigenvalue weighted by Gasteiger charge is -2.50. The van der Waals surface area contributed by atoms with Crippen LogP contribution >= 0.6 is 0 Å². The monoisotopic (exact) mass is 1290 g/mol. The number of rotatable bonds is 11. The number of hydrogen-bond acceptors (Lipinski definition) is 39. The normalized spacial score (nSPS) is 51.7. The zero-order chi connectivity index (χ0) is 62.5. The lowest BCUT2D eigenvalue weighted by Crippen LogP contribution is -2.68. The van der Waals surface area contributed by atoms with Gasteiger partial charge in [-0.1, -0.05) is 0 Å². The van der Waals surface area contributed by atoms with Gasteiger partial charge < -0.3 is 163 Å². The summed E-state index contributed by atoms with van der Waals surface area (Å²) in [6.45, 7) is -8.54. The van der Waals surface area contributed by atoms with E-state index < -0.39 is 282 Å². The topological polar surface area (TPSA) is 641 Å². The second-order valence-electron chi connectivity index (χ2n) is 20.7. The molecule has 14 bridgehead atoms. The minimum absolute atomic E-state index is 1.14. The maximum Gasteiger partial charge on any atom is 0.397 e. The van der Waals surface area contributed by atoms with Gasteiger partial charge in [-0.3, -0.25) is 9.11 Å². The fourth-order valence-corrected chi connectivity index (χ4v) is 11.3. The molecule has 21 N–H and O–H groups in total. The molecule has 21 saturated heterocycles. The average molecular weight is 1300 g/mol. The van der Waals surface area contributed by atoms with Crippen molar-refractivity contribution in [3.05, 3.63) is 0 Å². The van der Waals surface area contributed by atoms with E-state index in [0.717, 1.165) is 0 Å². The van der Waals surface area contributed by atoms with Gasteiger partial charge in [-0.2, -0.15) is 16.8 Å². The molecule has 496 valence electrons. The van der Waals surface area contributed by atoms with Crippen molar-refractivity contribution in [1.29, 1.82) is 0 Å². The third kappa shape index (κ3) is 15.0. The van der Waals surface area contributed by atoms with Gasteiger partial charge in [0.2, 0.25) is 0 Å². The van der Waals surface area contributed by atoms with Gasteiger partial charge in [-0.15, -0.1) is 0 Å². The smallest absolute Gasteiger partial charge is 0.394 e.